The Balaban J connectivity index is 0.00000280. The minimum atomic E-state index is 0. The van der Waals surface area contributed by atoms with Gasteiger partial charge in [-0.15, -0.1) is 24.0 Å². The molecule has 0 fully saturated rings. The molecule has 1 N–H and O–H groups in total. The molecule has 6 nitrogen and oxygen atoms in total. The van der Waals surface area contributed by atoms with E-state index in [0.29, 0.717) is 25.6 Å². The summed E-state index contributed by atoms with van der Waals surface area (Å²) >= 11 is 0. The van der Waals surface area contributed by atoms with Gasteiger partial charge in [-0.3, -0.25) is 4.99 Å². The summed E-state index contributed by atoms with van der Waals surface area (Å²) in [5.41, 5.74) is 1.78. The fraction of sp³-hybridized carbons (Fsp3) is 0.238. The maximum Gasteiger partial charge on any atom is 0.226 e. The summed E-state index contributed by atoms with van der Waals surface area (Å²) < 4.78 is 11.3. The summed E-state index contributed by atoms with van der Waals surface area (Å²) in [6.07, 6.45) is 1.67. The van der Waals surface area contributed by atoms with Crippen molar-refractivity contribution in [2.45, 2.75) is 6.54 Å². The van der Waals surface area contributed by atoms with Gasteiger partial charge in [-0.05, 0) is 24.3 Å². The molecule has 0 aliphatic carbocycles. The molecule has 3 aromatic rings. The molecule has 1 heterocycles. The predicted octanol–water partition coefficient (Wildman–Crippen LogP) is 4.05. The van der Waals surface area contributed by atoms with Crippen LogP contribution in [0.3, 0.4) is 0 Å². The summed E-state index contributed by atoms with van der Waals surface area (Å²) in [6.45, 7) is 1.82. The minimum absolute atomic E-state index is 0. The van der Waals surface area contributed by atoms with Gasteiger partial charge in [-0.25, -0.2) is 4.98 Å². The van der Waals surface area contributed by atoms with E-state index in [-0.39, 0.29) is 24.0 Å². The van der Waals surface area contributed by atoms with E-state index in [1.807, 2.05) is 72.6 Å². The number of rotatable bonds is 7. The number of para-hydroxylation sites is 1. The van der Waals surface area contributed by atoms with Crippen LogP contribution in [-0.2, 0) is 6.54 Å². The third-order valence-electron chi connectivity index (χ3n) is 4.01. The van der Waals surface area contributed by atoms with Crippen LogP contribution >= 0.6 is 24.0 Å². The third kappa shape index (κ3) is 6.26. The Morgan fingerprint density at radius 3 is 2.46 bits per heavy atom. The van der Waals surface area contributed by atoms with Gasteiger partial charge >= 0.3 is 0 Å². The average Bonchev–Trinajstić information content (AvgIpc) is 3.19. The number of oxazole rings is 1. The van der Waals surface area contributed by atoms with Crippen LogP contribution in [0.1, 0.15) is 5.69 Å². The Labute approximate surface area is 182 Å². The summed E-state index contributed by atoms with van der Waals surface area (Å²) in [5, 5.41) is 3.30. The fourth-order valence-electron chi connectivity index (χ4n) is 2.58. The fourth-order valence-corrected chi connectivity index (χ4v) is 2.58. The molecule has 28 heavy (non-hydrogen) atoms. The Kier molecular flexibility index (Phi) is 8.80. The first-order valence-corrected chi connectivity index (χ1v) is 8.85. The first kappa shape index (κ1) is 21.7. The summed E-state index contributed by atoms with van der Waals surface area (Å²) in [6, 6.07) is 19.6. The standard InChI is InChI=1S/C21H24N4O2.HI/c1-22-21(25(2)13-14-26-19-11-7-4-8-12-19)23-15-18-16-27-20(24-18)17-9-5-3-6-10-17;/h3-12,16H,13-15H2,1-2H3,(H,22,23);1H. The van der Waals surface area contributed by atoms with Crippen LogP contribution in [0.2, 0.25) is 0 Å². The van der Waals surface area contributed by atoms with E-state index in [1.165, 1.54) is 0 Å². The number of halogens is 1. The number of aliphatic imine (C=N–C) groups is 1. The van der Waals surface area contributed by atoms with Gasteiger partial charge in [0.15, 0.2) is 5.96 Å². The summed E-state index contributed by atoms with van der Waals surface area (Å²) in [7, 11) is 3.73. The number of benzene rings is 2. The second-order valence-corrected chi connectivity index (χ2v) is 5.99. The molecule has 7 heteroatoms. The highest BCUT2D eigenvalue weighted by atomic mass is 127. The Hall–Kier alpha value is -2.55. The Morgan fingerprint density at radius 1 is 1.11 bits per heavy atom. The number of aromatic nitrogens is 1. The molecular weight excluding hydrogens is 467 g/mol. The second-order valence-electron chi connectivity index (χ2n) is 5.99. The van der Waals surface area contributed by atoms with Gasteiger partial charge in [0, 0.05) is 19.7 Å². The zero-order valence-corrected chi connectivity index (χ0v) is 18.4. The molecule has 0 saturated carbocycles. The zero-order valence-electron chi connectivity index (χ0n) is 16.0. The lowest BCUT2D eigenvalue weighted by Gasteiger charge is -2.21. The van der Waals surface area contributed by atoms with Crippen molar-refractivity contribution in [3.8, 4) is 17.2 Å². The van der Waals surface area contributed by atoms with Crippen LogP contribution in [0.25, 0.3) is 11.5 Å². The Morgan fingerprint density at radius 2 is 1.79 bits per heavy atom. The van der Waals surface area contributed by atoms with Gasteiger partial charge in [-0.1, -0.05) is 36.4 Å². The first-order valence-electron chi connectivity index (χ1n) is 8.85. The second kappa shape index (κ2) is 11.3. The first-order chi connectivity index (χ1) is 13.3. The van der Waals surface area contributed by atoms with Crippen LogP contribution in [0.5, 0.6) is 5.75 Å². The Bertz CT molecular complexity index is 853. The summed E-state index contributed by atoms with van der Waals surface area (Å²) in [5.74, 6) is 2.26. The molecule has 3 rings (SSSR count). The molecule has 0 saturated heterocycles. The van der Waals surface area contributed by atoms with Crippen molar-refractivity contribution in [3.05, 3.63) is 72.6 Å². The summed E-state index contributed by atoms with van der Waals surface area (Å²) in [4.78, 5) is 10.8. The van der Waals surface area contributed by atoms with Gasteiger partial charge in [-0.2, -0.15) is 0 Å². The average molecular weight is 492 g/mol. The molecular formula is C21H25IN4O2. The van der Waals surface area contributed by atoms with Crippen LogP contribution in [-0.4, -0.2) is 43.1 Å². The molecule has 0 unspecified atom stereocenters. The SMILES string of the molecule is CN=C(NCc1coc(-c2ccccc2)n1)N(C)CCOc1ccccc1.I. The third-order valence-corrected chi connectivity index (χ3v) is 4.01. The molecule has 0 spiro atoms. The predicted molar refractivity (Wildman–Crippen MR) is 122 cm³/mol. The van der Waals surface area contributed by atoms with E-state index in [4.69, 9.17) is 9.15 Å². The smallest absolute Gasteiger partial charge is 0.226 e. The van der Waals surface area contributed by atoms with E-state index in [2.05, 4.69) is 15.3 Å². The van der Waals surface area contributed by atoms with Crippen molar-refractivity contribution < 1.29 is 9.15 Å². The number of hydrogen-bond donors (Lipinski definition) is 1. The van der Waals surface area contributed by atoms with Crippen LogP contribution in [0, 0.1) is 0 Å². The molecule has 1 aromatic heterocycles. The topological polar surface area (TPSA) is 62.9 Å². The number of nitrogens with one attached hydrogen (secondary N) is 1. The van der Waals surface area contributed by atoms with Gasteiger partial charge in [0.25, 0.3) is 0 Å². The molecule has 2 aromatic carbocycles. The van der Waals surface area contributed by atoms with Crippen molar-refractivity contribution in [2.75, 3.05) is 27.2 Å². The van der Waals surface area contributed by atoms with Gasteiger partial charge in [0.2, 0.25) is 5.89 Å². The number of nitrogens with zero attached hydrogens (tertiary/aromatic N) is 3. The van der Waals surface area contributed by atoms with Crippen molar-refractivity contribution >= 4 is 29.9 Å². The molecule has 0 aliphatic rings. The van der Waals surface area contributed by atoms with E-state index in [9.17, 15) is 0 Å². The van der Waals surface area contributed by atoms with Crippen molar-refractivity contribution in [1.29, 1.82) is 0 Å². The normalized spacial score (nSPS) is 10.9. The number of guanidine groups is 1. The number of likely N-dealkylation sites (N-methyl/N-ethyl adjacent to an activating group) is 1. The highest BCUT2D eigenvalue weighted by molar-refractivity contribution is 14.0. The molecule has 0 amide bonds. The monoisotopic (exact) mass is 492 g/mol. The minimum Gasteiger partial charge on any atom is -0.492 e. The highest BCUT2D eigenvalue weighted by Gasteiger charge is 2.09. The quantitative estimate of drug-likeness (QED) is 0.307. The van der Waals surface area contributed by atoms with E-state index in [0.717, 1.165) is 23.0 Å². The van der Waals surface area contributed by atoms with E-state index < -0.39 is 0 Å². The molecule has 148 valence electrons. The lowest BCUT2D eigenvalue weighted by atomic mass is 10.2. The highest BCUT2D eigenvalue weighted by Crippen LogP contribution is 2.17. The van der Waals surface area contributed by atoms with Gasteiger partial charge in [0.05, 0.1) is 18.8 Å². The maximum absolute atomic E-state index is 5.73. The molecule has 0 radical (unpaired) electrons. The van der Waals surface area contributed by atoms with E-state index in [1.54, 1.807) is 13.3 Å². The van der Waals surface area contributed by atoms with Gasteiger partial charge in [0.1, 0.15) is 18.6 Å². The molecule has 0 atom stereocenters. The van der Waals surface area contributed by atoms with Crippen molar-refractivity contribution in [1.82, 2.24) is 15.2 Å². The maximum atomic E-state index is 5.73. The zero-order chi connectivity index (χ0) is 18.9. The van der Waals surface area contributed by atoms with Crippen molar-refractivity contribution in [2.24, 2.45) is 4.99 Å². The number of ether oxygens (including phenoxy) is 1. The van der Waals surface area contributed by atoms with Crippen molar-refractivity contribution in [3.63, 3.8) is 0 Å². The lowest BCUT2D eigenvalue weighted by Crippen LogP contribution is -2.40. The van der Waals surface area contributed by atoms with Crippen LogP contribution in [0.15, 0.2) is 76.3 Å². The molecule has 0 bridgehead atoms. The van der Waals surface area contributed by atoms with E-state index >= 15 is 0 Å². The molecule has 0 aliphatic heterocycles. The van der Waals surface area contributed by atoms with Crippen LogP contribution < -0.4 is 10.1 Å². The lowest BCUT2D eigenvalue weighted by molar-refractivity contribution is 0.281. The largest absolute Gasteiger partial charge is 0.492 e. The van der Waals surface area contributed by atoms with Gasteiger partial charge < -0.3 is 19.4 Å². The van der Waals surface area contributed by atoms with Crippen LogP contribution in [0.4, 0.5) is 0 Å². The number of hydrogen-bond acceptors (Lipinski definition) is 4.